The zero-order valence-corrected chi connectivity index (χ0v) is 12.4. The van der Waals surface area contributed by atoms with Crippen LogP contribution < -0.4 is 10.6 Å². The Balaban J connectivity index is 2.62. The lowest BCUT2D eigenvalue weighted by Gasteiger charge is -2.09. The van der Waals surface area contributed by atoms with Crippen molar-refractivity contribution in [3.05, 3.63) is 38.9 Å². The van der Waals surface area contributed by atoms with Crippen LogP contribution >= 0.6 is 11.6 Å². The molecule has 114 valence electrons. The average Bonchev–Trinajstić information content (AvgIpc) is 2.37. The average molecular weight is 314 g/mol. The van der Waals surface area contributed by atoms with E-state index in [9.17, 15) is 19.7 Å². The maximum absolute atomic E-state index is 11.9. The largest absolute Gasteiger partial charge is 0.354 e. The second-order valence-electron chi connectivity index (χ2n) is 4.65. The zero-order valence-electron chi connectivity index (χ0n) is 11.7. The summed E-state index contributed by atoms with van der Waals surface area (Å²) in [5, 5.41) is 16.0. The molecule has 0 spiro atoms. The van der Waals surface area contributed by atoms with Crippen LogP contribution in [-0.4, -0.2) is 29.3 Å². The highest BCUT2D eigenvalue weighted by atomic mass is 35.5. The minimum atomic E-state index is -0.608. The Morgan fingerprint density at radius 1 is 1.38 bits per heavy atom. The Labute approximate surface area is 126 Å². The van der Waals surface area contributed by atoms with Crippen molar-refractivity contribution >= 4 is 29.1 Å². The number of nitro benzene ring substituents is 1. The maximum atomic E-state index is 11.9. The van der Waals surface area contributed by atoms with Crippen molar-refractivity contribution in [3.8, 4) is 0 Å². The van der Waals surface area contributed by atoms with Gasteiger partial charge in [-0.25, -0.2) is 0 Å². The molecule has 0 unspecified atom stereocenters. The van der Waals surface area contributed by atoms with Gasteiger partial charge in [-0.3, -0.25) is 19.7 Å². The summed E-state index contributed by atoms with van der Waals surface area (Å²) in [6, 6.07) is 3.64. The highest BCUT2D eigenvalue weighted by molar-refractivity contribution is 6.33. The molecule has 0 heterocycles. The van der Waals surface area contributed by atoms with Gasteiger partial charge in [0.05, 0.1) is 15.5 Å². The molecule has 0 radical (unpaired) electrons. The number of nitrogens with zero attached hydrogens (tertiary/aromatic N) is 1. The molecule has 7 nitrogen and oxygen atoms in total. The van der Waals surface area contributed by atoms with Crippen LogP contribution in [0.25, 0.3) is 0 Å². The van der Waals surface area contributed by atoms with Gasteiger partial charge >= 0.3 is 0 Å². The molecule has 0 aliphatic carbocycles. The number of carbonyl (C=O) groups is 2. The Morgan fingerprint density at radius 3 is 2.62 bits per heavy atom. The summed E-state index contributed by atoms with van der Waals surface area (Å²) in [4.78, 5) is 33.4. The molecule has 0 saturated heterocycles. The van der Waals surface area contributed by atoms with E-state index in [0.29, 0.717) is 0 Å². The fraction of sp³-hybridized carbons (Fsp3) is 0.385. The second-order valence-corrected chi connectivity index (χ2v) is 5.06. The van der Waals surface area contributed by atoms with Gasteiger partial charge in [-0.2, -0.15) is 0 Å². The van der Waals surface area contributed by atoms with Crippen LogP contribution in [0.1, 0.15) is 30.6 Å². The van der Waals surface area contributed by atoms with Crippen LogP contribution in [-0.2, 0) is 4.79 Å². The van der Waals surface area contributed by atoms with Crippen LogP contribution in [0.3, 0.4) is 0 Å². The molecule has 0 aliphatic heterocycles. The Morgan fingerprint density at radius 2 is 2.05 bits per heavy atom. The topological polar surface area (TPSA) is 101 Å². The van der Waals surface area contributed by atoms with Crippen LogP contribution in [0.15, 0.2) is 18.2 Å². The predicted molar refractivity (Wildman–Crippen MR) is 78.3 cm³/mol. The van der Waals surface area contributed by atoms with E-state index >= 15 is 0 Å². The molecule has 0 bridgehead atoms. The first-order valence-electron chi connectivity index (χ1n) is 6.32. The van der Waals surface area contributed by atoms with E-state index in [1.165, 1.54) is 12.1 Å². The first kappa shape index (κ1) is 16.9. The molecule has 2 N–H and O–H groups in total. The Hall–Kier alpha value is -2.15. The smallest absolute Gasteiger partial charge is 0.270 e. The van der Waals surface area contributed by atoms with Gasteiger partial charge in [0.15, 0.2) is 0 Å². The number of rotatable bonds is 6. The summed E-state index contributed by atoms with van der Waals surface area (Å²) >= 11 is 5.84. The van der Waals surface area contributed by atoms with Gasteiger partial charge in [-0.15, -0.1) is 0 Å². The standard InChI is InChI=1S/C13H16ClN3O4/c1-8(2)16-12(18)5-6-15-13(19)10-7-9(17(20)21)3-4-11(10)14/h3-4,7-8H,5-6H2,1-2H3,(H,15,19)(H,16,18). The minimum Gasteiger partial charge on any atom is -0.354 e. The van der Waals surface area contributed by atoms with Gasteiger partial charge < -0.3 is 10.6 Å². The van der Waals surface area contributed by atoms with Gasteiger partial charge in [0.2, 0.25) is 5.91 Å². The predicted octanol–water partition coefficient (Wildman–Crippen LogP) is 1.89. The first-order chi connectivity index (χ1) is 9.81. The van der Waals surface area contributed by atoms with E-state index in [2.05, 4.69) is 10.6 Å². The highest BCUT2D eigenvalue weighted by Gasteiger charge is 2.15. The lowest BCUT2D eigenvalue weighted by atomic mass is 10.2. The van der Waals surface area contributed by atoms with E-state index in [-0.39, 0.29) is 41.2 Å². The molecule has 21 heavy (non-hydrogen) atoms. The summed E-state index contributed by atoms with van der Waals surface area (Å²) in [5.74, 6) is -0.739. The Kier molecular flexibility index (Phi) is 6.10. The van der Waals surface area contributed by atoms with E-state index in [4.69, 9.17) is 11.6 Å². The molecule has 0 atom stereocenters. The van der Waals surface area contributed by atoms with Crippen LogP contribution in [0.5, 0.6) is 0 Å². The fourth-order valence-corrected chi connectivity index (χ4v) is 1.78. The molecule has 1 aromatic rings. The van der Waals surface area contributed by atoms with Crippen LogP contribution in [0.4, 0.5) is 5.69 Å². The lowest BCUT2D eigenvalue weighted by Crippen LogP contribution is -2.34. The van der Waals surface area contributed by atoms with Gasteiger partial charge in [0.25, 0.3) is 11.6 Å². The van der Waals surface area contributed by atoms with Crippen molar-refractivity contribution in [1.29, 1.82) is 0 Å². The summed E-state index contributed by atoms with van der Waals surface area (Å²) in [7, 11) is 0. The number of carbonyl (C=O) groups excluding carboxylic acids is 2. The number of hydrogen-bond donors (Lipinski definition) is 2. The van der Waals surface area contributed by atoms with E-state index in [0.717, 1.165) is 6.07 Å². The third kappa shape index (κ3) is 5.39. The molecular formula is C13H16ClN3O4. The quantitative estimate of drug-likeness (QED) is 0.618. The van der Waals surface area contributed by atoms with E-state index in [1.54, 1.807) is 0 Å². The minimum absolute atomic E-state index is 0.00938. The SMILES string of the molecule is CC(C)NC(=O)CCNC(=O)c1cc([N+](=O)[O-])ccc1Cl. The normalized spacial score (nSPS) is 10.3. The molecular weight excluding hydrogens is 298 g/mol. The molecule has 1 rings (SSSR count). The summed E-state index contributed by atoms with van der Waals surface area (Å²) in [6.45, 7) is 3.79. The van der Waals surface area contributed by atoms with Crippen molar-refractivity contribution in [2.24, 2.45) is 0 Å². The zero-order chi connectivity index (χ0) is 16.0. The third-order valence-electron chi connectivity index (χ3n) is 2.49. The molecule has 0 fully saturated rings. The summed E-state index contributed by atoms with van der Waals surface area (Å²) in [6.07, 6.45) is 0.121. The van der Waals surface area contributed by atoms with Crippen molar-refractivity contribution in [1.82, 2.24) is 10.6 Å². The van der Waals surface area contributed by atoms with Crippen molar-refractivity contribution in [2.75, 3.05) is 6.54 Å². The molecule has 2 amide bonds. The van der Waals surface area contributed by atoms with E-state index < -0.39 is 10.8 Å². The van der Waals surface area contributed by atoms with Gasteiger partial charge in [0, 0.05) is 31.1 Å². The third-order valence-corrected chi connectivity index (χ3v) is 2.82. The monoisotopic (exact) mass is 313 g/mol. The molecule has 1 aromatic carbocycles. The number of benzene rings is 1. The summed E-state index contributed by atoms with van der Waals surface area (Å²) < 4.78 is 0. The molecule has 0 aliphatic rings. The second kappa shape index (κ2) is 7.58. The maximum Gasteiger partial charge on any atom is 0.270 e. The highest BCUT2D eigenvalue weighted by Crippen LogP contribution is 2.21. The van der Waals surface area contributed by atoms with Crippen LogP contribution in [0.2, 0.25) is 5.02 Å². The lowest BCUT2D eigenvalue weighted by molar-refractivity contribution is -0.384. The summed E-state index contributed by atoms with van der Waals surface area (Å²) in [5.41, 5.74) is -0.211. The number of nitrogens with one attached hydrogen (secondary N) is 2. The van der Waals surface area contributed by atoms with Crippen molar-refractivity contribution < 1.29 is 14.5 Å². The molecule has 0 aromatic heterocycles. The molecule has 8 heteroatoms. The van der Waals surface area contributed by atoms with Crippen molar-refractivity contribution in [2.45, 2.75) is 26.3 Å². The fourth-order valence-electron chi connectivity index (χ4n) is 1.58. The Bertz CT molecular complexity index is 560. The molecule has 0 saturated carbocycles. The van der Waals surface area contributed by atoms with Crippen LogP contribution in [0, 0.1) is 10.1 Å². The number of halogens is 1. The number of nitro groups is 1. The van der Waals surface area contributed by atoms with E-state index in [1.807, 2.05) is 13.8 Å². The first-order valence-corrected chi connectivity index (χ1v) is 6.70. The van der Waals surface area contributed by atoms with Gasteiger partial charge in [0.1, 0.15) is 0 Å². The van der Waals surface area contributed by atoms with Gasteiger partial charge in [-0.05, 0) is 19.9 Å². The number of non-ortho nitro benzene ring substituents is 1. The number of hydrogen-bond acceptors (Lipinski definition) is 4. The van der Waals surface area contributed by atoms with Gasteiger partial charge in [-0.1, -0.05) is 11.6 Å². The van der Waals surface area contributed by atoms with Crippen molar-refractivity contribution in [3.63, 3.8) is 0 Å². The number of amides is 2.